The van der Waals surface area contributed by atoms with Crippen LogP contribution in [-0.4, -0.2) is 9.78 Å². The largest absolute Gasteiger partial charge is 0.416 e. The Kier molecular flexibility index (Phi) is 4.63. The molecule has 1 heterocycles. The van der Waals surface area contributed by atoms with E-state index in [2.05, 4.69) is 16.5 Å². The maximum atomic E-state index is 12.9. The van der Waals surface area contributed by atoms with Gasteiger partial charge in [-0.3, -0.25) is 4.79 Å². The molecular formula is C20H15ClF3N3O. The fourth-order valence-electron chi connectivity index (χ4n) is 3.43. The fourth-order valence-corrected chi connectivity index (χ4v) is 3.61. The number of alkyl halides is 3. The molecule has 1 aromatic heterocycles. The van der Waals surface area contributed by atoms with Crippen molar-refractivity contribution in [3.63, 3.8) is 0 Å². The van der Waals surface area contributed by atoms with Crippen LogP contribution < -0.4 is 10.9 Å². The lowest BCUT2D eigenvalue weighted by Gasteiger charge is -2.17. The molecule has 1 unspecified atom stereocenters. The zero-order valence-corrected chi connectivity index (χ0v) is 15.3. The molecule has 0 amide bonds. The predicted octanol–water partition coefficient (Wildman–Crippen LogP) is 5.00. The standard InChI is InChI=1S/C20H15ClF3N3O/c21-18-17(26-16-9-8-12-4-1-2-7-15(12)16)11-25-27(19(18)28)14-6-3-5-13(10-14)20(22,23)24/h1-7,10-11,16,26H,8-9H2. The zero-order valence-electron chi connectivity index (χ0n) is 14.5. The Morgan fingerprint density at radius 3 is 2.71 bits per heavy atom. The van der Waals surface area contributed by atoms with Gasteiger partial charge in [-0.2, -0.15) is 23.0 Å². The van der Waals surface area contributed by atoms with E-state index in [9.17, 15) is 18.0 Å². The van der Waals surface area contributed by atoms with Gasteiger partial charge in [0.25, 0.3) is 5.56 Å². The number of nitrogens with one attached hydrogen (secondary N) is 1. The summed E-state index contributed by atoms with van der Waals surface area (Å²) in [5, 5.41) is 7.14. The van der Waals surface area contributed by atoms with E-state index in [0.29, 0.717) is 5.69 Å². The summed E-state index contributed by atoms with van der Waals surface area (Å²) in [7, 11) is 0. The molecule has 0 fully saturated rings. The highest BCUT2D eigenvalue weighted by Gasteiger charge is 2.31. The van der Waals surface area contributed by atoms with Gasteiger partial charge < -0.3 is 5.32 Å². The Morgan fingerprint density at radius 1 is 1.14 bits per heavy atom. The number of halogens is 4. The van der Waals surface area contributed by atoms with E-state index in [-0.39, 0.29) is 16.8 Å². The lowest BCUT2D eigenvalue weighted by molar-refractivity contribution is -0.137. The van der Waals surface area contributed by atoms with E-state index in [1.54, 1.807) is 0 Å². The second-order valence-corrected chi connectivity index (χ2v) is 6.95. The van der Waals surface area contributed by atoms with E-state index in [1.807, 2.05) is 18.2 Å². The van der Waals surface area contributed by atoms with Gasteiger partial charge >= 0.3 is 6.18 Å². The number of hydrogen-bond acceptors (Lipinski definition) is 3. The van der Waals surface area contributed by atoms with Crippen LogP contribution in [0, 0.1) is 0 Å². The van der Waals surface area contributed by atoms with Crippen LogP contribution in [0.2, 0.25) is 5.02 Å². The van der Waals surface area contributed by atoms with Crippen LogP contribution in [0.15, 0.2) is 59.5 Å². The number of nitrogens with zero attached hydrogens (tertiary/aromatic N) is 2. The maximum Gasteiger partial charge on any atom is 0.416 e. The van der Waals surface area contributed by atoms with Crippen molar-refractivity contribution >= 4 is 17.3 Å². The van der Waals surface area contributed by atoms with Crippen LogP contribution in [0.3, 0.4) is 0 Å². The normalized spacial score (nSPS) is 16.1. The number of rotatable bonds is 3. The number of fused-ring (bicyclic) bond motifs is 1. The van der Waals surface area contributed by atoms with Crippen LogP contribution in [0.5, 0.6) is 0 Å². The van der Waals surface area contributed by atoms with Gasteiger partial charge in [-0.1, -0.05) is 41.9 Å². The van der Waals surface area contributed by atoms with Crippen LogP contribution in [-0.2, 0) is 12.6 Å². The highest BCUT2D eigenvalue weighted by Crippen LogP contribution is 2.35. The summed E-state index contributed by atoms with van der Waals surface area (Å²) >= 11 is 6.23. The molecule has 0 bridgehead atoms. The smallest absolute Gasteiger partial charge is 0.376 e. The minimum Gasteiger partial charge on any atom is -0.376 e. The highest BCUT2D eigenvalue weighted by atomic mass is 35.5. The lowest BCUT2D eigenvalue weighted by atomic mass is 10.1. The van der Waals surface area contributed by atoms with Gasteiger partial charge in [0.05, 0.1) is 29.2 Å². The molecule has 8 heteroatoms. The summed E-state index contributed by atoms with van der Waals surface area (Å²) in [5.41, 5.74) is 1.19. The molecule has 1 aliphatic rings. The molecular weight excluding hydrogens is 391 g/mol. The van der Waals surface area contributed by atoms with Crippen molar-refractivity contribution in [2.45, 2.75) is 25.1 Å². The Morgan fingerprint density at radius 2 is 1.93 bits per heavy atom. The molecule has 1 atom stereocenters. The topological polar surface area (TPSA) is 46.9 Å². The molecule has 28 heavy (non-hydrogen) atoms. The number of aryl methyl sites for hydroxylation is 1. The Labute approximate surface area is 163 Å². The number of aromatic nitrogens is 2. The Bertz CT molecular complexity index is 1090. The minimum atomic E-state index is -4.51. The molecule has 2 aromatic carbocycles. The summed E-state index contributed by atoms with van der Waals surface area (Å²) in [6.45, 7) is 0. The van der Waals surface area contributed by atoms with E-state index in [4.69, 9.17) is 11.6 Å². The lowest BCUT2D eigenvalue weighted by Crippen LogP contribution is -2.23. The van der Waals surface area contributed by atoms with Crippen molar-refractivity contribution in [2.75, 3.05) is 5.32 Å². The predicted molar refractivity (Wildman–Crippen MR) is 101 cm³/mol. The minimum absolute atomic E-state index is 0.000475. The Balaban J connectivity index is 1.66. The van der Waals surface area contributed by atoms with E-state index < -0.39 is 17.3 Å². The molecule has 0 saturated heterocycles. The first kappa shape index (κ1) is 18.6. The molecule has 144 valence electrons. The summed E-state index contributed by atoms with van der Waals surface area (Å²) in [6, 6.07) is 12.4. The summed E-state index contributed by atoms with van der Waals surface area (Å²) in [5.74, 6) is 0. The molecule has 0 spiro atoms. The van der Waals surface area contributed by atoms with Gasteiger partial charge in [0.15, 0.2) is 0 Å². The SMILES string of the molecule is O=c1c(Cl)c(NC2CCc3ccccc32)cnn1-c1cccc(C(F)(F)F)c1. The van der Waals surface area contributed by atoms with Crippen molar-refractivity contribution in [2.24, 2.45) is 0 Å². The zero-order chi connectivity index (χ0) is 19.9. The quantitative estimate of drug-likeness (QED) is 0.666. The van der Waals surface area contributed by atoms with Crippen LogP contribution in [0.4, 0.5) is 18.9 Å². The molecule has 0 radical (unpaired) electrons. The average molecular weight is 406 g/mol. The summed E-state index contributed by atoms with van der Waals surface area (Å²) in [6.07, 6.45) is -1.38. The monoisotopic (exact) mass is 405 g/mol. The van der Waals surface area contributed by atoms with Gasteiger partial charge in [0.1, 0.15) is 5.02 Å². The van der Waals surface area contributed by atoms with E-state index in [1.165, 1.54) is 23.9 Å². The third-order valence-corrected chi connectivity index (χ3v) is 5.16. The van der Waals surface area contributed by atoms with Crippen LogP contribution >= 0.6 is 11.6 Å². The first-order chi connectivity index (χ1) is 13.3. The van der Waals surface area contributed by atoms with E-state index >= 15 is 0 Å². The second kappa shape index (κ2) is 6.98. The van der Waals surface area contributed by atoms with Crippen molar-refractivity contribution < 1.29 is 13.2 Å². The van der Waals surface area contributed by atoms with Gasteiger partial charge in [-0.25, -0.2) is 0 Å². The second-order valence-electron chi connectivity index (χ2n) is 6.57. The van der Waals surface area contributed by atoms with Crippen molar-refractivity contribution in [1.29, 1.82) is 0 Å². The van der Waals surface area contributed by atoms with Crippen molar-refractivity contribution in [3.05, 3.63) is 86.8 Å². The van der Waals surface area contributed by atoms with Crippen LogP contribution in [0.1, 0.15) is 29.2 Å². The van der Waals surface area contributed by atoms with Gasteiger partial charge in [-0.15, -0.1) is 0 Å². The molecule has 3 aromatic rings. The molecule has 1 N–H and O–H groups in total. The van der Waals surface area contributed by atoms with Crippen molar-refractivity contribution in [1.82, 2.24) is 9.78 Å². The molecule has 1 aliphatic carbocycles. The number of anilines is 1. The molecule has 4 nitrogen and oxygen atoms in total. The average Bonchev–Trinajstić information content (AvgIpc) is 3.08. The maximum absolute atomic E-state index is 12.9. The van der Waals surface area contributed by atoms with Crippen molar-refractivity contribution in [3.8, 4) is 5.69 Å². The van der Waals surface area contributed by atoms with Gasteiger partial charge in [0.2, 0.25) is 0 Å². The van der Waals surface area contributed by atoms with Gasteiger partial charge in [0, 0.05) is 0 Å². The third-order valence-electron chi connectivity index (χ3n) is 4.80. The van der Waals surface area contributed by atoms with Crippen LogP contribution in [0.25, 0.3) is 5.69 Å². The Hall–Kier alpha value is -2.80. The summed E-state index contributed by atoms with van der Waals surface area (Å²) < 4.78 is 39.7. The first-order valence-electron chi connectivity index (χ1n) is 8.64. The molecule has 0 saturated carbocycles. The molecule has 4 rings (SSSR count). The number of benzene rings is 2. The van der Waals surface area contributed by atoms with E-state index in [0.717, 1.165) is 35.2 Å². The highest BCUT2D eigenvalue weighted by molar-refractivity contribution is 6.33. The number of hydrogen-bond donors (Lipinski definition) is 1. The fraction of sp³-hybridized carbons (Fsp3) is 0.200. The third kappa shape index (κ3) is 3.38. The molecule has 0 aliphatic heterocycles. The van der Waals surface area contributed by atoms with Gasteiger partial charge in [-0.05, 0) is 42.2 Å². The first-order valence-corrected chi connectivity index (χ1v) is 9.02. The summed E-state index contributed by atoms with van der Waals surface area (Å²) in [4.78, 5) is 12.6.